The average molecular weight is 219 g/mol. The summed E-state index contributed by atoms with van der Waals surface area (Å²) in [7, 11) is 0. The summed E-state index contributed by atoms with van der Waals surface area (Å²) in [6.07, 6.45) is 2.64. The van der Waals surface area contributed by atoms with Crippen molar-refractivity contribution in [2.45, 2.75) is 19.4 Å². The topological polar surface area (TPSA) is 58.6 Å². The summed E-state index contributed by atoms with van der Waals surface area (Å²) in [6.45, 7) is 1.61. The molecule has 0 aliphatic rings. The van der Waals surface area contributed by atoms with E-state index in [0.29, 0.717) is 6.42 Å². The van der Waals surface area contributed by atoms with Crippen LogP contribution in [0, 0.1) is 12.0 Å². The van der Waals surface area contributed by atoms with Crippen LogP contribution in [0.25, 0.3) is 0 Å². The predicted molar refractivity (Wildman–Crippen MR) is 59.2 cm³/mol. The molecule has 0 saturated heterocycles. The number of hydroxylamine groups is 1. The Hall–Kier alpha value is -1.99. The van der Waals surface area contributed by atoms with Crippen molar-refractivity contribution in [1.29, 1.82) is 0 Å². The van der Waals surface area contributed by atoms with Crippen LogP contribution in [0.3, 0.4) is 0 Å². The van der Waals surface area contributed by atoms with E-state index in [0.717, 1.165) is 5.56 Å². The number of carboxylic acids is 1. The van der Waals surface area contributed by atoms with Crippen molar-refractivity contribution in [1.82, 2.24) is 5.48 Å². The molecule has 4 nitrogen and oxygen atoms in total. The van der Waals surface area contributed by atoms with Crippen LogP contribution in [0.4, 0.5) is 0 Å². The van der Waals surface area contributed by atoms with E-state index in [4.69, 9.17) is 5.11 Å². The molecular weight excluding hydrogens is 206 g/mol. The first-order valence-corrected chi connectivity index (χ1v) is 4.84. The van der Waals surface area contributed by atoms with Crippen molar-refractivity contribution in [3.05, 3.63) is 35.9 Å². The van der Waals surface area contributed by atoms with Crippen LogP contribution in [0.2, 0.25) is 0 Å². The van der Waals surface area contributed by atoms with E-state index in [-0.39, 0.29) is 0 Å². The molecule has 0 saturated carbocycles. The highest BCUT2D eigenvalue weighted by atomic mass is 16.6. The number of hydrogen-bond donors (Lipinski definition) is 2. The Morgan fingerprint density at radius 2 is 2.19 bits per heavy atom. The minimum Gasteiger partial charge on any atom is -0.480 e. The number of hydrogen-bond acceptors (Lipinski definition) is 3. The third kappa shape index (κ3) is 4.03. The summed E-state index contributed by atoms with van der Waals surface area (Å²) in [5.41, 5.74) is 3.32. The van der Waals surface area contributed by atoms with Crippen LogP contribution in [-0.4, -0.2) is 17.1 Å². The van der Waals surface area contributed by atoms with E-state index in [1.54, 1.807) is 6.92 Å². The average Bonchev–Trinajstić information content (AvgIpc) is 2.29. The second-order valence-corrected chi connectivity index (χ2v) is 3.15. The lowest BCUT2D eigenvalue weighted by atomic mass is 10.1. The zero-order valence-electron chi connectivity index (χ0n) is 8.93. The quantitative estimate of drug-likeness (QED) is 0.577. The first-order chi connectivity index (χ1) is 7.74. The monoisotopic (exact) mass is 219 g/mol. The zero-order valence-corrected chi connectivity index (χ0v) is 8.93. The number of carbonyl (C=O) groups is 1. The van der Waals surface area contributed by atoms with Gasteiger partial charge in [0.05, 0.1) is 0 Å². The zero-order chi connectivity index (χ0) is 11.8. The summed E-state index contributed by atoms with van der Waals surface area (Å²) < 4.78 is 0. The molecule has 1 aromatic rings. The summed E-state index contributed by atoms with van der Waals surface area (Å²) in [5.74, 6) is 1.53. The van der Waals surface area contributed by atoms with Gasteiger partial charge in [0.25, 0.3) is 0 Å². The molecule has 0 radical (unpaired) electrons. The summed E-state index contributed by atoms with van der Waals surface area (Å²) in [5, 5.41) is 8.94. The van der Waals surface area contributed by atoms with E-state index in [9.17, 15) is 4.79 Å². The van der Waals surface area contributed by atoms with Crippen molar-refractivity contribution in [3.8, 4) is 12.0 Å². The number of nitrogens with one attached hydrogen (secondary N) is 1. The molecule has 0 heterocycles. The number of benzene rings is 1. The van der Waals surface area contributed by atoms with E-state index < -0.39 is 12.0 Å². The van der Waals surface area contributed by atoms with Crippen LogP contribution in [-0.2, 0) is 16.1 Å². The van der Waals surface area contributed by atoms with Gasteiger partial charge >= 0.3 is 5.97 Å². The van der Waals surface area contributed by atoms with Gasteiger partial charge in [0.1, 0.15) is 12.1 Å². The van der Waals surface area contributed by atoms with Crippen molar-refractivity contribution < 1.29 is 14.7 Å². The molecule has 84 valence electrons. The fourth-order valence-corrected chi connectivity index (χ4v) is 1.18. The van der Waals surface area contributed by atoms with Crippen LogP contribution in [0.15, 0.2) is 30.3 Å². The van der Waals surface area contributed by atoms with Gasteiger partial charge in [0, 0.05) is 13.3 Å². The Balaban J connectivity index is 2.57. The van der Waals surface area contributed by atoms with Gasteiger partial charge in [-0.25, -0.2) is 0 Å². The molecule has 1 unspecified atom stereocenters. The van der Waals surface area contributed by atoms with E-state index in [1.807, 2.05) is 30.3 Å². The van der Waals surface area contributed by atoms with Crippen molar-refractivity contribution in [3.63, 3.8) is 0 Å². The van der Waals surface area contributed by atoms with Gasteiger partial charge in [-0.15, -0.1) is 5.48 Å². The van der Waals surface area contributed by atoms with E-state index in [1.165, 1.54) is 0 Å². The molecule has 2 N–H and O–H groups in total. The van der Waals surface area contributed by atoms with Crippen molar-refractivity contribution >= 4 is 5.97 Å². The maximum Gasteiger partial charge on any atom is 0.324 e. The van der Waals surface area contributed by atoms with Crippen LogP contribution in [0.1, 0.15) is 12.5 Å². The van der Waals surface area contributed by atoms with E-state index in [2.05, 4.69) is 22.3 Å². The number of rotatable bonds is 5. The third-order valence-electron chi connectivity index (χ3n) is 1.94. The van der Waals surface area contributed by atoms with Gasteiger partial charge < -0.3 is 9.94 Å². The minimum atomic E-state index is -0.971. The summed E-state index contributed by atoms with van der Waals surface area (Å²) >= 11 is 0. The van der Waals surface area contributed by atoms with Crippen molar-refractivity contribution in [2.75, 3.05) is 0 Å². The van der Waals surface area contributed by atoms with Gasteiger partial charge in [0.2, 0.25) is 0 Å². The fraction of sp³-hybridized carbons (Fsp3) is 0.250. The number of carboxylic acid groups (broad SMARTS) is 1. The fourth-order valence-electron chi connectivity index (χ4n) is 1.18. The largest absolute Gasteiger partial charge is 0.480 e. The van der Waals surface area contributed by atoms with E-state index >= 15 is 0 Å². The molecule has 0 amide bonds. The lowest BCUT2D eigenvalue weighted by Gasteiger charge is -2.11. The molecule has 0 aliphatic heterocycles. The van der Waals surface area contributed by atoms with Crippen LogP contribution in [0.5, 0.6) is 0 Å². The first kappa shape index (κ1) is 12.1. The highest BCUT2D eigenvalue weighted by Gasteiger charge is 2.17. The molecule has 1 aromatic carbocycles. The SMILES string of the molecule is CC#CONC(Cc1ccccc1)C(=O)O. The molecule has 0 bridgehead atoms. The Kier molecular flexibility index (Phi) is 4.90. The third-order valence-corrected chi connectivity index (χ3v) is 1.94. The lowest BCUT2D eigenvalue weighted by molar-refractivity contribution is -0.142. The normalized spacial score (nSPS) is 11.1. The highest BCUT2D eigenvalue weighted by molar-refractivity contribution is 5.73. The summed E-state index contributed by atoms with van der Waals surface area (Å²) in [6, 6.07) is 8.53. The van der Waals surface area contributed by atoms with Crippen molar-refractivity contribution in [2.24, 2.45) is 0 Å². The molecule has 0 spiro atoms. The van der Waals surface area contributed by atoms with Crippen LogP contribution >= 0.6 is 0 Å². The predicted octanol–water partition coefficient (Wildman–Crippen LogP) is 1.18. The standard InChI is InChI=1S/C12H13NO3/c1-2-8-16-13-11(12(14)15)9-10-6-4-3-5-7-10/h3-7,11,13H,9H2,1H3,(H,14,15). The number of aliphatic carboxylic acids is 1. The van der Waals surface area contributed by atoms with Gasteiger partial charge in [-0.2, -0.15) is 0 Å². The molecule has 0 fully saturated rings. The first-order valence-electron chi connectivity index (χ1n) is 4.84. The molecule has 4 heteroatoms. The van der Waals surface area contributed by atoms with Gasteiger partial charge in [-0.3, -0.25) is 4.79 Å². The molecular formula is C12H13NO3. The maximum absolute atomic E-state index is 10.9. The molecule has 0 aliphatic carbocycles. The second kappa shape index (κ2) is 6.49. The van der Waals surface area contributed by atoms with Gasteiger partial charge in [-0.1, -0.05) is 36.3 Å². The Morgan fingerprint density at radius 1 is 1.50 bits per heavy atom. The Bertz CT molecular complexity index is 392. The maximum atomic E-state index is 10.9. The molecule has 16 heavy (non-hydrogen) atoms. The summed E-state index contributed by atoms with van der Waals surface area (Å²) in [4.78, 5) is 15.6. The smallest absolute Gasteiger partial charge is 0.324 e. The Morgan fingerprint density at radius 3 is 2.75 bits per heavy atom. The highest BCUT2D eigenvalue weighted by Crippen LogP contribution is 2.03. The second-order valence-electron chi connectivity index (χ2n) is 3.15. The molecule has 1 rings (SSSR count). The van der Waals surface area contributed by atoms with Crippen LogP contribution < -0.4 is 5.48 Å². The minimum absolute atomic E-state index is 0.349. The van der Waals surface area contributed by atoms with Gasteiger partial charge in [-0.05, 0) is 5.56 Å². The molecule has 0 aromatic heterocycles. The lowest BCUT2D eigenvalue weighted by Crippen LogP contribution is -2.37. The Labute approximate surface area is 94.2 Å². The molecule has 1 atom stereocenters. The van der Waals surface area contributed by atoms with Gasteiger partial charge in [0.15, 0.2) is 0 Å².